The van der Waals surface area contributed by atoms with Gasteiger partial charge < -0.3 is 14.1 Å². The highest BCUT2D eigenvalue weighted by molar-refractivity contribution is 7.19. The fraction of sp³-hybridized carbons (Fsp3) is 0.174. The summed E-state index contributed by atoms with van der Waals surface area (Å²) >= 11 is 1.65. The highest BCUT2D eigenvalue weighted by atomic mass is 32.1. The lowest BCUT2D eigenvalue weighted by Gasteiger charge is -2.28. The van der Waals surface area contributed by atoms with Gasteiger partial charge in [0.15, 0.2) is 5.43 Å². The highest BCUT2D eigenvalue weighted by Crippen LogP contribution is 2.33. The third-order valence-electron chi connectivity index (χ3n) is 4.96. The minimum atomic E-state index is 0.0385. The minimum absolute atomic E-state index is 0.0385. The van der Waals surface area contributed by atoms with Crippen molar-refractivity contribution in [2.45, 2.75) is 0 Å². The number of benzene rings is 2. The van der Waals surface area contributed by atoms with Crippen molar-refractivity contribution in [2.75, 3.05) is 31.2 Å². The van der Waals surface area contributed by atoms with E-state index in [0.717, 1.165) is 50.8 Å². The van der Waals surface area contributed by atoms with Crippen LogP contribution in [-0.4, -0.2) is 26.3 Å². The predicted octanol–water partition coefficient (Wildman–Crippen LogP) is 5.03. The first-order valence-corrected chi connectivity index (χ1v) is 10.2. The molecule has 5 rings (SSSR count). The average Bonchev–Trinajstić information content (AvgIpc) is 3.18. The van der Waals surface area contributed by atoms with E-state index in [9.17, 15) is 4.79 Å². The van der Waals surface area contributed by atoms with E-state index in [1.54, 1.807) is 23.5 Å². The van der Waals surface area contributed by atoms with E-state index in [-0.39, 0.29) is 5.43 Å². The molecule has 0 aliphatic carbocycles. The first-order chi connectivity index (χ1) is 13.8. The van der Waals surface area contributed by atoms with Gasteiger partial charge in [0, 0.05) is 41.0 Å². The van der Waals surface area contributed by atoms with Crippen LogP contribution in [0.3, 0.4) is 0 Å². The maximum absolute atomic E-state index is 12.2. The van der Waals surface area contributed by atoms with E-state index in [1.807, 2.05) is 36.4 Å². The standard InChI is InChI=1S/C23H19NO3S/c25-19-14-22(28-23(15-19)24-9-11-26-12-10-24)17-7-5-16(6-8-17)21-13-18-3-1-2-4-20(18)27-21/h1-8,13-15H,9-12H2. The van der Waals surface area contributed by atoms with Gasteiger partial charge in [-0.2, -0.15) is 0 Å². The molecule has 1 aliphatic heterocycles. The second-order valence-corrected chi connectivity index (χ2v) is 7.88. The molecule has 1 fully saturated rings. The van der Waals surface area contributed by atoms with Crippen molar-refractivity contribution in [3.05, 3.63) is 77.0 Å². The van der Waals surface area contributed by atoms with Crippen molar-refractivity contribution in [3.8, 4) is 21.8 Å². The molecule has 0 N–H and O–H groups in total. The lowest BCUT2D eigenvalue weighted by atomic mass is 10.1. The van der Waals surface area contributed by atoms with Gasteiger partial charge in [-0.15, -0.1) is 11.3 Å². The number of para-hydroxylation sites is 1. The van der Waals surface area contributed by atoms with E-state index >= 15 is 0 Å². The van der Waals surface area contributed by atoms with Gasteiger partial charge in [0.05, 0.1) is 18.2 Å². The minimum Gasteiger partial charge on any atom is -0.456 e. The fourth-order valence-corrected chi connectivity index (χ4v) is 4.61. The van der Waals surface area contributed by atoms with E-state index < -0.39 is 0 Å². The van der Waals surface area contributed by atoms with Gasteiger partial charge in [0.2, 0.25) is 0 Å². The van der Waals surface area contributed by atoms with Crippen LogP contribution in [0.2, 0.25) is 0 Å². The van der Waals surface area contributed by atoms with Gasteiger partial charge in [0.25, 0.3) is 0 Å². The first kappa shape index (κ1) is 17.2. The number of hydrogen-bond acceptors (Lipinski definition) is 5. The molecule has 1 aliphatic rings. The van der Waals surface area contributed by atoms with Gasteiger partial charge in [0.1, 0.15) is 11.3 Å². The van der Waals surface area contributed by atoms with Crippen LogP contribution in [0.25, 0.3) is 32.7 Å². The quantitative estimate of drug-likeness (QED) is 0.493. The van der Waals surface area contributed by atoms with Gasteiger partial charge in [-0.25, -0.2) is 0 Å². The Bertz CT molecular complexity index is 1140. The topological polar surface area (TPSA) is 42.7 Å². The summed E-state index contributed by atoms with van der Waals surface area (Å²) in [7, 11) is 0. The summed E-state index contributed by atoms with van der Waals surface area (Å²) in [5, 5.41) is 2.10. The molecule has 0 spiro atoms. The molecular weight excluding hydrogens is 370 g/mol. The number of nitrogens with zero attached hydrogens (tertiary/aromatic N) is 1. The Morgan fingerprint density at radius 3 is 2.39 bits per heavy atom. The van der Waals surface area contributed by atoms with Crippen LogP contribution < -0.4 is 10.3 Å². The number of rotatable bonds is 3. The van der Waals surface area contributed by atoms with Crippen molar-refractivity contribution in [2.24, 2.45) is 0 Å². The Morgan fingerprint density at radius 2 is 1.61 bits per heavy atom. The molecule has 0 atom stereocenters. The summed E-state index contributed by atoms with van der Waals surface area (Å²) < 4.78 is 11.4. The number of anilines is 1. The Balaban J connectivity index is 1.47. The van der Waals surface area contributed by atoms with E-state index in [0.29, 0.717) is 13.2 Å². The van der Waals surface area contributed by atoms with Crippen molar-refractivity contribution < 1.29 is 9.15 Å². The normalized spacial score (nSPS) is 14.5. The van der Waals surface area contributed by atoms with Gasteiger partial charge in [-0.1, -0.05) is 42.5 Å². The van der Waals surface area contributed by atoms with E-state index in [4.69, 9.17) is 9.15 Å². The number of furan rings is 1. The molecule has 0 saturated carbocycles. The number of hydrogen-bond donors (Lipinski definition) is 0. The van der Waals surface area contributed by atoms with Gasteiger partial charge in [-0.3, -0.25) is 4.79 Å². The molecule has 0 amide bonds. The van der Waals surface area contributed by atoms with Crippen molar-refractivity contribution in [1.82, 2.24) is 0 Å². The number of ether oxygens (including phenoxy) is 1. The first-order valence-electron chi connectivity index (χ1n) is 9.33. The van der Waals surface area contributed by atoms with Gasteiger partial charge in [-0.05, 0) is 17.7 Å². The summed E-state index contributed by atoms with van der Waals surface area (Å²) in [6.45, 7) is 3.06. The molecule has 4 aromatic rings. The van der Waals surface area contributed by atoms with Crippen molar-refractivity contribution in [3.63, 3.8) is 0 Å². The summed E-state index contributed by atoms with van der Waals surface area (Å²) in [4.78, 5) is 15.4. The molecule has 140 valence electrons. The van der Waals surface area contributed by atoms with Gasteiger partial charge >= 0.3 is 0 Å². The van der Waals surface area contributed by atoms with Crippen molar-refractivity contribution in [1.29, 1.82) is 0 Å². The van der Waals surface area contributed by atoms with E-state index in [1.165, 1.54) is 0 Å². The largest absolute Gasteiger partial charge is 0.456 e. The third kappa shape index (κ3) is 3.35. The molecule has 1 saturated heterocycles. The molecule has 0 radical (unpaired) electrons. The summed E-state index contributed by atoms with van der Waals surface area (Å²) in [5.41, 5.74) is 2.99. The molecule has 5 heteroatoms. The molecule has 4 nitrogen and oxygen atoms in total. The molecule has 0 bridgehead atoms. The fourth-order valence-electron chi connectivity index (χ4n) is 3.47. The van der Waals surface area contributed by atoms with Crippen LogP contribution >= 0.6 is 11.3 Å². The van der Waals surface area contributed by atoms with Crippen LogP contribution in [0.15, 0.2) is 75.9 Å². The lowest BCUT2D eigenvalue weighted by molar-refractivity contribution is 0.123. The number of morpholine rings is 1. The summed E-state index contributed by atoms with van der Waals surface area (Å²) in [6.07, 6.45) is 0. The molecule has 3 heterocycles. The molecule has 28 heavy (non-hydrogen) atoms. The highest BCUT2D eigenvalue weighted by Gasteiger charge is 2.14. The zero-order valence-electron chi connectivity index (χ0n) is 15.3. The molecule has 2 aromatic heterocycles. The Hall–Kier alpha value is -2.89. The second-order valence-electron chi connectivity index (χ2n) is 6.82. The molecule has 0 unspecified atom stereocenters. The Morgan fingerprint density at radius 1 is 0.857 bits per heavy atom. The maximum atomic E-state index is 12.2. The van der Waals surface area contributed by atoms with Crippen LogP contribution in [0, 0.1) is 0 Å². The van der Waals surface area contributed by atoms with E-state index in [2.05, 4.69) is 23.1 Å². The molecule has 2 aromatic carbocycles. The smallest absolute Gasteiger partial charge is 0.182 e. The van der Waals surface area contributed by atoms with Crippen molar-refractivity contribution >= 4 is 27.3 Å². The Kier molecular flexibility index (Phi) is 4.47. The second kappa shape index (κ2) is 7.26. The van der Waals surface area contributed by atoms with Crippen LogP contribution in [0.4, 0.5) is 5.00 Å². The van der Waals surface area contributed by atoms with Crippen LogP contribution in [0.1, 0.15) is 0 Å². The SMILES string of the molecule is O=c1cc(-c2ccc(-c3cc4ccccc4o3)cc2)sc(N2CCOCC2)c1. The zero-order valence-corrected chi connectivity index (χ0v) is 16.1. The summed E-state index contributed by atoms with van der Waals surface area (Å²) in [5.74, 6) is 0.850. The zero-order chi connectivity index (χ0) is 18.9. The Labute approximate surface area is 166 Å². The van der Waals surface area contributed by atoms with Crippen LogP contribution in [-0.2, 0) is 4.74 Å². The maximum Gasteiger partial charge on any atom is 0.182 e. The average molecular weight is 389 g/mol. The summed E-state index contributed by atoms with van der Waals surface area (Å²) in [6, 6.07) is 21.7. The number of fused-ring (bicyclic) bond motifs is 1. The predicted molar refractivity (Wildman–Crippen MR) is 114 cm³/mol. The van der Waals surface area contributed by atoms with Crippen LogP contribution in [0.5, 0.6) is 0 Å². The molecular formula is C23H19NO3S. The third-order valence-corrected chi connectivity index (χ3v) is 6.11. The lowest BCUT2D eigenvalue weighted by Crippen LogP contribution is -2.36. The monoisotopic (exact) mass is 389 g/mol.